The van der Waals surface area contributed by atoms with Crippen molar-refractivity contribution in [3.05, 3.63) is 35.4 Å². The fourth-order valence-corrected chi connectivity index (χ4v) is 5.33. The van der Waals surface area contributed by atoms with E-state index in [0.717, 1.165) is 25.7 Å². The van der Waals surface area contributed by atoms with Crippen LogP contribution < -0.4 is 0 Å². The van der Waals surface area contributed by atoms with Crippen molar-refractivity contribution in [1.82, 2.24) is 19.6 Å². The molecule has 36 heavy (non-hydrogen) atoms. The van der Waals surface area contributed by atoms with Crippen molar-refractivity contribution >= 4 is 23.6 Å². The molecule has 194 valence electrons. The molecule has 0 N–H and O–H groups in total. The van der Waals surface area contributed by atoms with E-state index in [-0.39, 0.29) is 35.8 Å². The topological polar surface area (TPSA) is 99.7 Å². The summed E-state index contributed by atoms with van der Waals surface area (Å²) >= 11 is 0. The molecular formula is C26H34N4O6. The number of hydrogen-bond acceptors (Lipinski definition) is 6. The van der Waals surface area contributed by atoms with Gasteiger partial charge in [-0.25, -0.2) is 0 Å². The van der Waals surface area contributed by atoms with E-state index in [1.165, 1.54) is 0 Å². The number of piperazine rings is 2. The molecule has 10 nitrogen and oxygen atoms in total. The highest BCUT2D eigenvalue weighted by Crippen LogP contribution is 2.19. The van der Waals surface area contributed by atoms with Crippen LogP contribution in [0.15, 0.2) is 24.3 Å². The average Bonchev–Trinajstić information content (AvgIpc) is 3.67. The lowest BCUT2D eigenvalue weighted by Crippen LogP contribution is -2.53. The molecule has 0 bridgehead atoms. The molecule has 1 aromatic rings. The van der Waals surface area contributed by atoms with Crippen molar-refractivity contribution in [3.63, 3.8) is 0 Å². The predicted octanol–water partition coefficient (Wildman–Crippen LogP) is 0.613. The molecule has 4 heterocycles. The highest BCUT2D eigenvalue weighted by molar-refractivity contribution is 5.98. The molecule has 4 saturated heterocycles. The van der Waals surface area contributed by atoms with Crippen molar-refractivity contribution in [2.75, 3.05) is 65.6 Å². The molecular weight excluding hydrogens is 464 g/mol. The van der Waals surface area contributed by atoms with E-state index in [9.17, 15) is 19.2 Å². The van der Waals surface area contributed by atoms with Crippen LogP contribution in [-0.2, 0) is 19.1 Å². The monoisotopic (exact) mass is 498 g/mol. The van der Waals surface area contributed by atoms with Crippen molar-refractivity contribution < 1.29 is 28.7 Å². The van der Waals surface area contributed by atoms with E-state index >= 15 is 0 Å². The second-order valence-electron chi connectivity index (χ2n) is 9.82. The van der Waals surface area contributed by atoms with Gasteiger partial charge in [-0.2, -0.15) is 0 Å². The molecule has 2 atom stereocenters. The van der Waals surface area contributed by atoms with Crippen LogP contribution in [0.3, 0.4) is 0 Å². The summed E-state index contributed by atoms with van der Waals surface area (Å²) in [6.07, 6.45) is 2.71. The van der Waals surface area contributed by atoms with Gasteiger partial charge in [0.2, 0.25) is 0 Å². The van der Waals surface area contributed by atoms with Crippen LogP contribution in [-0.4, -0.2) is 121 Å². The van der Waals surface area contributed by atoms with Crippen LogP contribution in [0, 0.1) is 0 Å². The first-order valence-corrected chi connectivity index (χ1v) is 13.0. The molecule has 1 aromatic carbocycles. The largest absolute Gasteiger partial charge is 0.368 e. The molecule has 4 aliphatic heterocycles. The zero-order valence-electron chi connectivity index (χ0n) is 20.6. The van der Waals surface area contributed by atoms with Gasteiger partial charge in [-0.3, -0.25) is 19.2 Å². The molecule has 10 heteroatoms. The molecule has 0 aromatic heterocycles. The smallest absolute Gasteiger partial charge is 0.253 e. The molecule has 0 spiro atoms. The van der Waals surface area contributed by atoms with Crippen molar-refractivity contribution in [3.8, 4) is 0 Å². The van der Waals surface area contributed by atoms with Crippen molar-refractivity contribution in [2.24, 2.45) is 0 Å². The molecule has 4 fully saturated rings. The molecule has 0 aliphatic carbocycles. The Morgan fingerprint density at radius 1 is 0.556 bits per heavy atom. The number of carbonyl (C=O) groups is 4. The Morgan fingerprint density at radius 2 is 0.889 bits per heavy atom. The standard InChI is InChI=1S/C26H34N4O6/c31-23(27-9-13-29(14-10-27)25(33)21-3-1-17-35-21)19-5-7-20(8-6-19)24(32)28-11-15-30(16-12-28)26(34)22-4-2-18-36-22/h5-8,21-22H,1-4,9-18H2. The Balaban J connectivity index is 1.10. The van der Waals surface area contributed by atoms with E-state index in [0.29, 0.717) is 76.7 Å². The van der Waals surface area contributed by atoms with E-state index in [4.69, 9.17) is 9.47 Å². The summed E-state index contributed by atoms with van der Waals surface area (Å²) in [6.45, 7) is 5.20. The predicted molar refractivity (Wildman–Crippen MR) is 129 cm³/mol. The zero-order chi connectivity index (χ0) is 25.1. The van der Waals surface area contributed by atoms with Gasteiger partial charge in [-0.05, 0) is 49.9 Å². The Morgan fingerprint density at radius 3 is 1.19 bits per heavy atom. The number of rotatable bonds is 4. The molecule has 4 aliphatic rings. The minimum absolute atomic E-state index is 0.0273. The zero-order valence-corrected chi connectivity index (χ0v) is 20.6. The van der Waals surface area contributed by atoms with E-state index < -0.39 is 0 Å². The lowest BCUT2D eigenvalue weighted by Gasteiger charge is -2.36. The number of carbonyl (C=O) groups excluding carboxylic acids is 4. The quantitative estimate of drug-likeness (QED) is 0.603. The third-order valence-electron chi connectivity index (χ3n) is 7.55. The number of hydrogen-bond donors (Lipinski definition) is 0. The van der Waals surface area contributed by atoms with Crippen LogP contribution in [0.4, 0.5) is 0 Å². The summed E-state index contributed by atoms with van der Waals surface area (Å²) in [5.41, 5.74) is 1.05. The lowest BCUT2D eigenvalue weighted by atomic mass is 10.1. The first kappa shape index (κ1) is 24.7. The van der Waals surface area contributed by atoms with Gasteiger partial charge in [-0.15, -0.1) is 0 Å². The number of ether oxygens (including phenoxy) is 2. The third-order valence-corrected chi connectivity index (χ3v) is 7.55. The van der Waals surface area contributed by atoms with E-state index in [1.807, 2.05) is 0 Å². The van der Waals surface area contributed by atoms with Gasteiger partial charge in [-0.1, -0.05) is 0 Å². The molecule has 4 amide bonds. The highest BCUT2D eigenvalue weighted by atomic mass is 16.5. The average molecular weight is 499 g/mol. The van der Waals surface area contributed by atoms with Gasteiger partial charge < -0.3 is 29.1 Å². The van der Waals surface area contributed by atoms with Gasteiger partial charge in [0.15, 0.2) is 0 Å². The first-order valence-electron chi connectivity index (χ1n) is 13.0. The first-order chi connectivity index (χ1) is 17.5. The lowest BCUT2D eigenvalue weighted by molar-refractivity contribution is -0.143. The summed E-state index contributed by atoms with van der Waals surface area (Å²) in [4.78, 5) is 58.1. The van der Waals surface area contributed by atoms with E-state index in [1.54, 1.807) is 43.9 Å². The number of nitrogens with zero attached hydrogens (tertiary/aromatic N) is 4. The van der Waals surface area contributed by atoms with Crippen LogP contribution in [0.5, 0.6) is 0 Å². The number of benzene rings is 1. The summed E-state index contributed by atoms with van der Waals surface area (Å²) in [5, 5.41) is 0. The van der Waals surface area contributed by atoms with Crippen molar-refractivity contribution in [1.29, 1.82) is 0 Å². The fraction of sp³-hybridized carbons (Fsp3) is 0.615. The third kappa shape index (κ3) is 5.24. The van der Waals surface area contributed by atoms with Gasteiger partial charge in [0.05, 0.1) is 0 Å². The SMILES string of the molecule is O=C(c1ccc(C(=O)N2CCN(C(=O)C3CCCO3)CC2)cc1)N1CCN(C(=O)C2CCCO2)CC1. The van der Waals surface area contributed by atoms with Crippen LogP contribution in [0.25, 0.3) is 0 Å². The maximum atomic E-state index is 13.0. The highest BCUT2D eigenvalue weighted by Gasteiger charge is 2.33. The number of amides is 4. The fourth-order valence-electron chi connectivity index (χ4n) is 5.33. The summed E-state index contributed by atoms with van der Waals surface area (Å²) in [6, 6.07) is 6.76. The Hall–Kier alpha value is -2.98. The maximum Gasteiger partial charge on any atom is 0.253 e. The summed E-state index contributed by atoms with van der Waals surface area (Å²) in [7, 11) is 0. The second kappa shape index (κ2) is 11.0. The summed E-state index contributed by atoms with van der Waals surface area (Å²) in [5.74, 6) is -0.141. The normalized spacial score (nSPS) is 24.8. The van der Waals surface area contributed by atoms with Crippen LogP contribution in [0.1, 0.15) is 46.4 Å². The Bertz CT molecular complexity index is 892. The Labute approximate surface area is 211 Å². The van der Waals surface area contributed by atoms with Gasteiger partial charge >= 0.3 is 0 Å². The van der Waals surface area contributed by atoms with Crippen molar-refractivity contribution in [2.45, 2.75) is 37.9 Å². The van der Waals surface area contributed by atoms with Gasteiger partial charge in [0, 0.05) is 76.7 Å². The maximum absolute atomic E-state index is 13.0. The second-order valence-corrected chi connectivity index (χ2v) is 9.82. The van der Waals surface area contributed by atoms with Gasteiger partial charge in [0.25, 0.3) is 23.6 Å². The van der Waals surface area contributed by atoms with Crippen LogP contribution in [0.2, 0.25) is 0 Å². The minimum atomic E-state index is -0.331. The van der Waals surface area contributed by atoms with E-state index in [2.05, 4.69) is 0 Å². The summed E-state index contributed by atoms with van der Waals surface area (Å²) < 4.78 is 11.0. The van der Waals surface area contributed by atoms with Crippen LogP contribution >= 0.6 is 0 Å². The molecule has 0 radical (unpaired) electrons. The molecule has 5 rings (SSSR count). The Kier molecular flexibility index (Phi) is 7.52. The van der Waals surface area contributed by atoms with Gasteiger partial charge in [0.1, 0.15) is 12.2 Å². The molecule has 0 saturated carbocycles. The molecule has 2 unspecified atom stereocenters. The minimum Gasteiger partial charge on any atom is -0.368 e.